The van der Waals surface area contributed by atoms with Crippen molar-refractivity contribution in [3.63, 3.8) is 0 Å². The lowest BCUT2D eigenvalue weighted by Gasteiger charge is -1.97. The summed E-state index contributed by atoms with van der Waals surface area (Å²) in [4.78, 5) is 3.78. The Labute approximate surface area is 79.5 Å². The smallest absolute Gasteiger partial charge is 0.260 e. The summed E-state index contributed by atoms with van der Waals surface area (Å²) in [5.41, 5.74) is 5.77. The van der Waals surface area contributed by atoms with E-state index in [-0.39, 0.29) is 18.2 Å². The van der Waals surface area contributed by atoms with Crippen molar-refractivity contribution in [1.82, 2.24) is 10.1 Å². The van der Waals surface area contributed by atoms with Crippen molar-refractivity contribution in [1.29, 1.82) is 0 Å². The van der Waals surface area contributed by atoms with Crippen molar-refractivity contribution in [3.8, 4) is 0 Å². The van der Waals surface area contributed by atoms with Gasteiger partial charge in [-0.15, -0.1) is 0 Å². The summed E-state index contributed by atoms with van der Waals surface area (Å²) in [5, 5.41) is 3.41. The first-order valence-corrected chi connectivity index (χ1v) is 4.07. The Hall–Kier alpha value is -1.91. The van der Waals surface area contributed by atoms with Gasteiger partial charge in [0.1, 0.15) is 5.82 Å². The van der Waals surface area contributed by atoms with Gasteiger partial charge in [0, 0.05) is 0 Å². The number of aromatic nitrogens is 2. The highest BCUT2D eigenvalue weighted by atomic mass is 19.1. The second-order valence-corrected chi connectivity index (χ2v) is 2.81. The zero-order chi connectivity index (χ0) is 9.97. The molecule has 0 unspecified atom stereocenters. The van der Waals surface area contributed by atoms with Crippen molar-refractivity contribution in [2.75, 3.05) is 5.73 Å². The number of nitrogens with zero attached hydrogens (tertiary/aromatic N) is 2. The number of nitrogen functional groups attached to an aromatic ring is 1. The first-order chi connectivity index (χ1) is 6.75. The van der Waals surface area contributed by atoms with Crippen molar-refractivity contribution < 1.29 is 8.91 Å². The van der Waals surface area contributed by atoms with Crippen molar-refractivity contribution >= 4 is 5.95 Å². The van der Waals surface area contributed by atoms with Crippen LogP contribution in [-0.2, 0) is 6.42 Å². The third kappa shape index (κ3) is 1.71. The van der Waals surface area contributed by atoms with Crippen molar-refractivity contribution in [2.24, 2.45) is 0 Å². The molecule has 0 spiro atoms. The van der Waals surface area contributed by atoms with Gasteiger partial charge in [0.25, 0.3) is 5.95 Å². The predicted octanol–water partition coefficient (Wildman–Crippen LogP) is 1.38. The van der Waals surface area contributed by atoms with Crippen LogP contribution in [0.15, 0.2) is 28.8 Å². The molecule has 0 amide bonds. The Morgan fingerprint density at radius 1 is 1.36 bits per heavy atom. The molecule has 1 heterocycles. The summed E-state index contributed by atoms with van der Waals surface area (Å²) in [6.45, 7) is 0. The van der Waals surface area contributed by atoms with E-state index in [0.717, 1.165) is 0 Å². The van der Waals surface area contributed by atoms with Gasteiger partial charge in [0.05, 0.1) is 6.42 Å². The van der Waals surface area contributed by atoms with Crippen LogP contribution in [-0.4, -0.2) is 10.1 Å². The normalized spacial score (nSPS) is 10.4. The molecule has 0 saturated heterocycles. The van der Waals surface area contributed by atoms with Gasteiger partial charge < -0.3 is 10.3 Å². The molecule has 0 radical (unpaired) electrons. The van der Waals surface area contributed by atoms with Crippen LogP contribution in [0.25, 0.3) is 0 Å². The fourth-order valence-electron chi connectivity index (χ4n) is 1.14. The van der Waals surface area contributed by atoms with E-state index in [2.05, 4.69) is 10.1 Å². The highest BCUT2D eigenvalue weighted by Crippen LogP contribution is 2.11. The van der Waals surface area contributed by atoms with E-state index >= 15 is 0 Å². The Balaban J connectivity index is 2.23. The van der Waals surface area contributed by atoms with Crippen LogP contribution < -0.4 is 5.73 Å². The van der Waals surface area contributed by atoms with Crippen LogP contribution in [0.5, 0.6) is 0 Å². The lowest BCUT2D eigenvalue weighted by atomic mass is 10.1. The van der Waals surface area contributed by atoms with Gasteiger partial charge in [0.15, 0.2) is 0 Å². The largest absolute Gasteiger partial charge is 0.365 e. The van der Waals surface area contributed by atoms with Gasteiger partial charge in [-0.1, -0.05) is 18.2 Å². The molecular formula is C9H8FN3O. The molecule has 14 heavy (non-hydrogen) atoms. The first kappa shape index (κ1) is 8.68. The van der Waals surface area contributed by atoms with E-state index in [1.54, 1.807) is 18.2 Å². The van der Waals surface area contributed by atoms with Gasteiger partial charge in [-0.05, 0) is 16.8 Å². The maximum atomic E-state index is 13.2. The number of hydrogen-bond donors (Lipinski definition) is 1. The van der Waals surface area contributed by atoms with Gasteiger partial charge in [-0.25, -0.2) is 4.39 Å². The third-order valence-electron chi connectivity index (χ3n) is 1.78. The number of anilines is 1. The van der Waals surface area contributed by atoms with Crippen LogP contribution >= 0.6 is 0 Å². The number of halogens is 1. The van der Waals surface area contributed by atoms with Crippen LogP contribution in [0, 0.1) is 5.82 Å². The fraction of sp³-hybridized carbons (Fsp3) is 0.111. The first-order valence-electron chi connectivity index (χ1n) is 4.07. The van der Waals surface area contributed by atoms with Gasteiger partial charge in [-0.2, -0.15) is 4.98 Å². The zero-order valence-corrected chi connectivity index (χ0v) is 7.27. The molecule has 4 nitrogen and oxygen atoms in total. The van der Waals surface area contributed by atoms with E-state index < -0.39 is 0 Å². The molecule has 0 aliphatic heterocycles. The summed E-state index contributed by atoms with van der Waals surface area (Å²) >= 11 is 0. The Morgan fingerprint density at radius 3 is 2.79 bits per heavy atom. The van der Waals surface area contributed by atoms with Crippen molar-refractivity contribution in [2.45, 2.75) is 6.42 Å². The lowest BCUT2D eigenvalue weighted by Crippen LogP contribution is -1.93. The summed E-state index contributed by atoms with van der Waals surface area (Å²) in [7, 11) is 0. The highest BCUT2D eigenvalue weighted by molar-refractivity contribution is 5.21. The van der Waals surface area contributed by atoms with Crippen LogP contribution in [0.2, 0.25) is 0 Å². The van der Waals surface area contributed by atoms with Gasteiger partial charge in [0.2, 0.25) is 5.89 Å². The summed E-state index contributed by atoms with van der Waals surface area (Å²) in [5.74, 6) is 0.0909. The minimum Gasteiger partial charge on any atom is -0.365 e. The van der Waals surface area contributed by atoms with E-state index in [1.165, 1.54) is 6.07 Å². The average Bonchev–Trinajstić information content (AvgIpc) is 2.56. The molecule has 2 N–H and O–H groups in total. The standard InChI is InChI=1S/C9H8FN3O/c10-7-4-2-1-3-6(7)5-8-12-9(11)13-14-8/h1-4H,5H2,(H2,11,13). The molecule has 1 aromatic heterocycles. The van der Waals surface area contributed by atoms with Crippen molar-refractivity contribution in [3.05, 3.63) is 41.5 Å². The second-order valence-electron chi connectivity index (χ2n) is 2.81. The van der Waals surface area contributed by atoms with Gasteiger partial charge in [-0.3, -0.25) is 0 Å². The topological polar surface area (TPSA) is 64.9 Å². The van der Waals surface area contributed by atoms with E-state index in [9.17, 15) is 4.39 Å². The second kappa shape index (κ2) is 3.45. The predicted molar refractivity (Wildman–Crippen MR) is 47.9 cm³/mol. The molecule has 0 aliphatic carbocycles. The van der Waals surface area contributed by atoms with E-state index in [4.69, 9.17) is 10.3 Å². The van der Waals surface area contributed by atoms with E-state index in [0.29, 0.717) is 11.5 Å². The molecule has 0 saturated carbocycles. The number of benzene rings is 1. The molecular weight excluding hydrogens is 185 g/mol. The van der Waals surface area contributed by atoms with Crippen LogP contribution in [0.3, 0.4) is 0 Å². The molecule has 72 valence electrons. The summed E-state index contributed by atoms with van der Waals surface area (Å²) in [6.07, 6.45) is 0.261. The average molecular weight is 193 g/mol. The maximum Gasteiger partial charge on any atom is 0.260 e. The molecule has 0 atom stereocenters. The molecule has 2 aromatic rings. The minimum absolute atomic E-state index is 0.0661. The van der Waals surface area contributed by atoms with E-state index in [1.807, 2.05) is 0 Å². The SMILES string of the molecule is Nc1noc(Cc2ccccc2F)n1. The maximum absolute atomic E-state index is 13.2. The molecule has 2 rings (SSSR count). The van der Waals surface area contributed by atoms with Crippen LogP contribution in [0.4, 0.5) is 10.3 Å². The lowest BCUT2D eigenvalue weighted by molar-refractivity contribution is 0.384. The summed E-state index contributed by atoms with van der Waals surface area (Å²) in [6, 6.07) is 6.42. The number of nitrogens with two attached hydrogens (primary N) is 1. The summed E-state index contributed by atoms with van der Waals surface area (Å²) < 4.78 is 17.9. The highest BCUT2D eigenvalue weighted by Gasteiger charge is 2.07. The Kier molecular flexibility index (Phi) is 2.14. The fourth-order valence-corrected chi connectivity index (χ4v) is 1.14. The monoisotopic (exact) mass is 193 g/mol. The van der Waals surface area contributed by atoms with Crippen LogP contribution in [0.1, 0.15) is 11.5 Å². The zero-order valence-electron chi connectivity index (χ0n) is 7.27. The minimum atomic E-state index is -0.288. The quantitative estimate of drug-likeness (QED) is 0.782. The van der Waals surface area contributed by atoms with Gasteiger partial charge >= 0.3 is 0 Å². The Bertz CT molecular complexity index is 441. The molecule has 0 fully saturated rings. The molecule has 1 aromatic carbocycles. The number of rotatable bonds is 2. The number of hydrogen-bond acceptors (Lipinski definition) is 4. The molecule has 5 heteroatoms. The molecule has 0 aliphatic rings. The Morgan fingerprint density at radius 2 is 2.14 bits per heavy atom. The third-order valence-corrected chi connectivity index (χ3v) is 1.78. The molecule has 0 bridgehead atoms.